The molecule has 146 valence electrons. The summed E-state index contributed by atoms with van der Waals surface area (Å²) in [6.45, 7) is 3.00. The number of hydrogen-bond acceptors (Lipinski definition) is 4. The zero-order valence-corrected chi connectivity index (χ0v) is 16.5. The number of hydrogen-bond donors (Lipinski definition) is 0. The number of aromatic nitrogens is 3. The van der Waals surface area contributed by atoms with Gasteiger partial charge >= 0.3 is 0 Å². The summed E-state index contributed by atoms with van der Waals surface area (Å²) in [6.07, 6.45) is 8.00. The van der Waals surface area contributed by atoms with Crippen LogP contribution in [0.3, 0.4) is 0 Å². The number of fused-ring (bicyclic) bond motifs is 1. The molecule has 1 aliphatic carbocycles. The quantitative estimate of drug-likeness (QED) is 0.678. The van der Waals surface area contributed by atoms with Crippen molar-refractivity contribution < 1.29 is 0 Å². The molecule has 1 saturated heterocycles. The molecule has 0 unspecified atom stereocenters. The first kappa shape index (κ1) is 17.8. The van der Waals surface area contributed by atoms with E-state index in [0.29, 0.717) is 6.04 Å². The van der Waals surface area contributed by atoms with E-state index in [-0.39, 0.29) is 0 Å². The van der Waals surface area contributed by atoms with Crippen molar-refractivity contribution >= 4 is 11.0 Å². The van der Waals surface area contributed by atoms with Crippen molar-refractivity contribution in [2.24, 2.45) is 0 Å². The van der Waals surface area contributed by atoms with Gasteiger partial charge in [-0.05, 0) is 37.0 Å². The molecule has 5 rings (SSSR count). The van der Waals surface area contributed by atoms with Crippen molar-refractivity contribution in [2.75, 3.05) is 13.2 Å². The predicted molar refractivity (Wildman–Crippen MR) is 112 cm³/mol. The van der Waals surface area contributed by atoms with Crippen molar-refractivity contribution in [3.05, 3.63) is 60.2 Å². The monoisotopic (exact) mass is 375 g/mol. The van der Waals surface area contributed by atoms with Crippen molar-refractivity contribution in [1.29, 1.82) is 0 Å². The summed E-state index contributed by atoms with van der Waals surface area (Å²) in [5.41, 5.74) is 3.52. The van der Waals surface area contributed by atoms with Crippen LogP contribution < -0.4 is 0 Å². The molecule has 5 heteroatoms. The second kappa shape index (κ2) is 8.02. The van der Waals surface area contributed by atoms with Crippen molar-refractivity contribution in [3.63, 3.8) is 0 Å². The molecule has 0 spiro atoms. The van der Waals surface area contributed by atoms with Crippen LogP contribution in [-0.4, -0.2) is 50.1 Å². The van der Waals surface area contributed by atoms with Crippen LogP contribution in [-0.2, 0) is 13.1 Å². The van der Waals surface area contributed by atoms with Crippen LogP contribution in [0.2, 0.25) is 0 Å². The van der Waals surface area contributed by atoms with E-state index >= 15 is 0 Å². The third-order valence-corrected chi connectivity index (χ3v) is 6.47. The Morgan fingerprint density at radius 3 is 2.54 bits per heavy atom. The SMILES string of the molecule is c1ccc(C[C@H]2CN(C3CCCCC3)CN2Cn2nnc3ccccc32)cc1. The fourth-order valence-electron chi connectivity index (χ4n) is 4.94. The summed E-state index contributed by atoms with van der Waals surface area (Å²) in [6, 6.07) is 20.5. The van der Waals surface area contributed by atoms with Crippen LogP contribution in [0.15, 0.2) is 54.6 Å². The van der Waals surface area contributed by atoms with Gasteiger partial charge in [-0.15, -0.1) is 5.10 Å². The fraction of sp³-hybridized carbons (Fsp3) is 0.478. The van der Waals surface area contributed by atoms with Crippen LogP contribution in [0.25, 0.3) is 11.0 Å². The summed E-state index contributed by atoms with van der Waals surface area (Å²) in [5.74, 6) is 0. The van der Waals surface area contributed by atoms with Crippen LogP contribution in [0.1, 0.15) is 37.7 Å². The first-order chi connectivity index (χ1) is 13.9. The number of rotatable bonds is 5. The van der Waals surface area contributed by atoms with Crippen molar-refractivity contribution in [3.8, 4) is 0 Å². The summed E-state index contributed by atoms with van der Waals surface area (Å²) in [5, 5.41) is 8.80. The highest BCUT2D eigenvalue weighted by molar-refractivity contribution is 5.73. The van der Waals surface area contributed by atoms with Gasteiger partial charge in [0.25, 0.3) is 0 Å². The van der Waals surface area contributed by atoms with Crippen molar-refractivity contribution in [2.45, 2.75) is 57.3 Å². The summed E-state index contributed by atoms with van der Waals surface area (Å²) in [4.78, 5) is 5.33. The van der Waals surface area contributed by atoms with E-state index in [1.54, 1.807) is 0 Å². The predicted octanol–water partition coefficient (Wildman–Crippen LogP) is 3.91. The van der Waals surface area contributed by atoms with E-state index in [0.717, 1.165) is 43.4 Å². The van der Waals surface area contributed by atoms with Gasteiger partial charge in [0.2, 0.25) is 0 Å². The minimum Gasteiger partial charge on any atom is -0.286 e. The average molecular weight is 376 g/mol. The second-order valence-electron chi connectivity index (χ2n) is 8.36. The topological polar surface area (TPSA) is 37.2 Å². The first-order valence-corrected chi connectivity index (χ1v) is 10.7. The molecule has 2 aromatic carbocycles. The van der Waals surface area contributed by atoms with Gasteiger partial charge in [0, 0.05) is 18.6 Å². The van der Waals surface area contributed by atoms with Gasteiger partial charge in [-0.2, -0.15) is 0 Å². The lowest BCUT2D eigenvalue weighted by Crippen LogP contribution is -2.36. The molecule has 2 aliphatic rings. The zero-order valence-electron chi connectivity index (χ0n) is 16.5. The molecule has 2 fully saturated rings. The summed E-state index contributed by atoms with van der Waals surface area (Å²) >= 11 is 0. The minimum atomic E-state index is 0.521. The van der Waals surface area contributed by atoms with Gasteiger partial charge < -0.3 is 0 Å². The molecule has 2 heterocycles. The molecule has 1 saturated carbocycles. The van der Waals surface area contributed by atoms with Gasteiger partial charge in [-0.25, -0.2) is 4.68 Å². The number of benzene rings is 2. The maximum atomic E-state index is 4.44. The molecule has 0 N–H and O–H groups in total. The normalized spacial score (nSPS) is 22.2. The molecule has 0 bridgehead atoms. The van der Waals surface area contributed by atoms with Gasteiger partial charge in [0.05, 0.1) is 18.9 Å². The fourth-order valence-corrected chi connectivity index (χ4v) is 4.94. The Bertz CT molecular complexity index is 900. The minimum absolute atomic E-state index is 0.521. The van der Waals surface area contributed by atoms with E-state index in [4.69, 9.17) is 0 Å². The Morgan fingerprint density at radius 2 is 1.68 bits per heavy atom. The van der Waals surface area contributed by atoms with E-state index in [1.165, 1.54) is 37.7 Å². The first-order valence-electron chi connectivity index (χ1n) is 10.7. The third-order valence-electron chi connectivity index (χ3n) is 6.47. The zero-order chi connectivity index (χ0) is 18.8. The average Bonchev–Trinajstić information content (AvgIpc) is 3.34. The Morgan fingerprint density at radius 1 is 0.893 bits per heavy atom. The number of para-hydroxylation sites is 1. The Hall–Kier alpha value is -2.24. The Kier molecular flexibility index (Phi) is 5.10. The van der Waals surface area contributed by atoms with Gasteiger partial charge in [-0.3, -0.25) is 9.80 Å². The molecule has 5 nitrogen and oxygen atoms in total. The van der Waals surface area contributed by atoms with Gasteiger partial charge in [-0.1, -0.05) is 66.9 Å². The van der Waals surface area contributed by atoms with E-state index in [9.17, 15) is 0 Å². The van der Waals surface area contributed by atoms with Crippen LogP contribution in [0.5, 0.6) is 0 Å². The molecule has 0 amide bonds. The molecular formula is C23H29N5. The Labute approximate surface area is 166 Å². The van der Waals surface area contributed by atoms with Crippen LogP contribution in [0, 0.1) is 0 Å². The molecule has 3 aromatic rings. The number of nitrogens with zero attached hydrogens (tertiary/aromatic N) is 5. The van der Waals surface area contributed by atoms with Crippen molar-refractivity contribution in [1.82, 2.24) is 24.8 Å². The standard InChI is InChI=1S/C23H29N5/c1-3-9-19(10-4-1)15-21-16-26(20-11-5-2-6-12-20)17-27(21)18-28-23-14-8-7-13-22(23)24-25-28/h1,3-4,7-10,13-14,20-21H,2,5-6,11-12,15-18H2/t21-/m0/s1. The van der Waals surface area contributed by atoms with Gasteiger partial charge in [0.15, 0.2) is 0 Å². The molecule has 28 heavy (non-hydrogen) atoms. The second-order valence-corrected chi connectivity index (χ2v) is 8.36. The highest BCUT2D eigenvalue weighted by atomic mass is 15.5. The lowest BCUT2D eigenvalue weighted by Gasteiger charge is -2.30. The van der Waals surface area contributed by atoms with Crippen LogP contribution in [0.4, 0.5) is 0 Å². The molecular weight excluding hydrogens is 346 g/mol. The summed E-state index contributed by atoms with van der Waals surface area (Å²) in [7, 11) is 0. The summed E-state index contributed by atoms with van der Waals surface area (Å²) < 4.78 is 2.07. The van der Waals surface area contributed by atoms with Crippen LogP contribution >= 0.6 is 0 Å². The molecule has 1 atom stereocenters. The van der Waals surface area contributed by atoms with Gasteiger partial charge in [0.1, 0.15) is 5.52 Å². The highest BCUT2D eigenvalue weighted by Gasteiger charge is 2.35. The lowest BCUT2D eigenvalue weighted by atomic mass is 9.94. The Balaban J connectivity index is 1.37. The largest absolute Gasteiger partial charge is 0.286 e. The highest BCUT2D eigenvalue weighted by Crippen LogP contribution is 2.28. The van der Waals surface area contributed by atoms with E-state index in [1.807, 2.05) is 12.1 Å². The molecule has 0 radical (unpaired) electrons. The maximum absolute atomic E-state index is 4.44. The third kappa shape index (κ3) is 3.69. The lowest BCUT2D eigenvalue weighted by molar-refractivity contribution is 0.133. The maximum Gasteiger partial charge on any atom is 0.113 e. The molecule has 1 aliphatic heterocycles. The smallest absolute Gasteiger partial charge is 0.113 e. The van der Waals surface area contributed by atoms with E-state index in [2.05, 4.69) is 67.3 Å². The molecule has 1 aromatic heterocycles. The van der Waals surface area contributed by atoms with E-state index < -0.39 is 0 Å².